The lowest BCUT2D eigenvalue weighted by atomic mass is 9.99. The lowest BCUT2D eigenvalue weighted by Crippen LogP contribution is -2.60. The zero-order valence-corrected chi connectivity index (χ0v) is 28.6. The monoisotopic (exact) mass is 688 g/mol. The number of unbranched alkanes of at least 4 members (excludes halogenated alkanes) is 3. The van der Waals surface area contributed by atoms with Gasteiger partial charge in [-0.2, -0.15) is 8.42 Å². The molecule has 0 radical (unpaired) electrons. The van der Waals surface area contributed by atoms with Gasteiger partial charge in [0.2, 0.25) is 0 Å². The molecule has 6 atom stereocenters. The summed E-state index contributed by atoms with van der Waals surface area (Å²) < 4.78 is 58.1. The molecule has 47 heavy (non-hydrogen) atoms. The highest BCUT2D eigenvalue weighted by atomic mass is 32.3. The lowest BCUT2D eigenvalue weighted by molar-refractivity contribution is -0.301. The molecule has 1 aliphatic rings. The van der Waals surface area contributed by atoms with Crippen LogP contribution >= 0.6 is 0 Å². The third kappa shape index (κ3) is 21.4. The van der Waals surface area contributed by atoms with Gasteiger partial charge in [0.1, 0.15) is 30.5 Å². The second-order valence-electron chi connectivity index (χ2n) is 11.0. The zero-order chi connectivity index (χ0) is 34.8. The summed E-state index contributed by atoms with van der Waals surface area (Å²) in [6.07, 6.45) is 20.8. The first-order valence-electron chi connectivity index (χ1n) is 16.5. The van der Waals surface area contributed by atoms with E-state index in [0.717, 1.165) is 51.4 Å². The second-order valence-corrected chi connectivity index (χ2v) is 12.1. The number of allylic oxidation sites excluding steroid dienone is 9. The third-order valence-corrected chi connectivity index (χ3v) is 7.39. The topological polar surface area (TPSA) is 178 Å². The molecule has 270 valence electrons. The van der Waals surface area contributed by atoms with Crippen LogP contribution < -0.4 is 0 Å². The maximum Gasteiger partial charge on any atom is 0.397 e. The Morgan fingerprint density at radius 3 is 1.98 bits per heavy atom. The molecule has 0 aromatic heterocycles. The molecular weight excluding hydrogens is 632 g/mol. The maximum absolute atomic E-state index is 12.5. The summed E-state index contributed by atoms with van der Waals surface area (Å²) in [5.74, 6) is -0.447. The molecule has 0 spiro atoms. The SMILES string of the molecule is CC/C=C\C/C=C\C/C=C\C/C=C\C/C=C\CCOCC(COC1OC(CO)C(O)C(OS(=O)(=O)O)C1O)OC(=O)CCCCCC. The molecule has 0 aliphatic carbocycles. The van der Waals surface area contributed by atoms with Crippen LogP contribution in [0.1, 0.15) is 84.5 Å². The summed E-state index contributed by atoms with van der Waals surface area (Å²) in [5.41, 5.74) is 0. The molecule has 0 bridgehead atoms. The predicted molar refractivity (Wildman–Crippen MR) is 179 cm³/mol. The van der Waals surface area contributed by atoms with Crippen molar-refractivity contribution in [2.45, 2.75) is 121 Å². The quantitative estimate of drug-likeness (QED) is 0.0428. The minimum Gasteiger partial charge on any atom is -0.457 e. The van der Waals surface area contributed by atoms with Crippen LogP contribution in [-0.2, 0) is 38.3 Å². The fourth-order valence-electron chi connectivity index (χ4n) is 4.44. The molecule has 4 N–H and O–H groups in total. The molecule has 6 unspecified atom stereocenters. The number of rotatable bonds is 26. The summed E-state index contributed by atoms with van der Waals surface area (Å²) in [5, 5.41) is 30.3. The number of aliphatic hydroxyl groups excluding tert-OH is 3. The second kappa shape index (κ2) is 26.7. The Bertz CT molecular complexity index is 1070. The van der Waals surface area contributed by atoms with Crippen LogP contribution in [-0.4, -0.2) is 97.5 Å². The van der Waals surface area contributed by atoms with Gasteiger partial charge in [0, 0.05) is 6.42 Å². The van der Waals surface area contributed by atoms with Crippen molar-refractivity contribution in [3.63, 3.8) is 0 Å². The molecular formula is C34H56O12S. The number of hydrogen-bond donors (Lipinski definition) is 4. The first kappa shape index (κ1) is 42.8. The van der Waals surface area contributed by atoms with Crippen LogP contribution in [0.15, 0.2) is 60.8 Å². The minimum absolute atomic E-state index is 0.0226. The van der Waals surface area contributed by atoms with E-state index in [2.05, 4.69) is 66.6 Å². The molecule has 0 aromatic rings. The first-order valence-corrected chi connectivity index (χ1v) is 17.9. The van der Waals surface area contributed by atoms with Crippen molar-refractivity contribution in [2.75, 3.05) is 26.4 Å². The zero-order valence-electron chi connectivity index (χ0n) is 27.8. The van der Waals surface area contributed by atoms with E-state index in [9.17, 15) is 28.5 Å². The lowest BCUT2D eigenvalue weighted by Gasteiger charge is -2.41. The predicted octanol–water partition coefficient (Wildman–Crippen LogP) is 4.67. The number of carbonyl (C=O) groups excluding carboxylic acids is 1. The molecule has 1 heterocycles. The standard InChI is InChI=1S/C34H56O12S/c1-3-5-7-9-10-11-12-13-14-15-16-17-18-19-20-22-24-42-26-28(44-30(36)23-21-8-6-4-2)27-43-34-32(38)33(46-47(39,40)41)31(37)29(25-35)45-34/h5,7,10-11,13-14,16-17,19-20,28-29,31-35,37-38H,3-4,6,8-9,12,15,18,21-27H2,1-2H3,(H,39,40,41)/b7-5-,11-10-,14-13-,17-16-,20-19-. The van der Waals surface area contributed by atoms with Crippen molar-refractivity contribution in [1.29, 1.82) is 0 Å². The highest BCUT2D eigenvalue weighted by Gasteiger charge is 2.48. The van der Waals surface area contributed by atoms with E-state index >= 15 is 0 Å². The van der Waals surface area contributed by atoms with Crippen molar-refractivity contribution >= 4 is 16.4 Å². The molecule has 0 aromatic carbocycles. The van der Waals surface area contributed by atoms with E-state index in [4.69, 9.17) is 23.5 Å². The summed E-state index contributed by atoms with van der Waals surface area (Å²) in [7, 11) is -5.06. The number of carbonyl (C=O) groups is 1. The van der Waals surface area contributed by atoms with Crippen LogP contribution in [0.2, 0.25) is 0 Å². The third-order valence-electron chi connectivity index (χ3n) is 6.92. The van der Waals surface area contributed by atoms with Gasteiger partial charge in [-0.05, 0) is 44.9 Å². The van der Waals surface area contributed by atoms with Gasteiger partial charge < -0.3 is 34.3 Å². The smallest absolute Gasteiger partial charge is 0.397 e. The van der Waals surface area contributed by atoms with E-state index in [1.807, 2.05) is 12.2 Å². The molecule has 0 amide bonds. The van der Waals surface area contributed by atoms with Crippen LogP contribution in [0.3, 0.4) is 0 Å². The van der Waals surface area contributed by atoms with Crippen molar-refractivity contribution in [3.8, 4) is 0 Å². The first-order chi connectivity index (χ1) is 22.6. The fraction of sp³-hybridized carbons (Fsp3) is 0.676. The van der Waals surface area contributed by atoms with Gasteiger partial charge >= 0.3 is 16.4 Å². The summed E-state index contributed by atoms with van der Waals surface area (Å²) in [4.78, 5) is 12.5. The minimum atomic E-state index is -5.06. The Hall–Kier alpha value is -2.20. The van der Waals surface area contributed by atoms with Crippen LogP contribution in [0.5, 0.6) is 0 Å². The summed E-state index contributed by atoms with van der Waals surface area (Å²) >= 11 is 0. The van der Waals surface area contributed by atoms with Gasteiger partial charge in [-0.1, -0.05) is 93.9 Å². The Labute approximate surface area is 280 Å². The van der Waals surface area contributed by atoms with Crippen molar-refractivity contribution in [2.24, 2.45) is 0 Å². The summed E-state index contributed by atoms with van der Waals surface area (Å²) in [6.45, 7) is 3.45. The van der Waals surface area contributed by atoms with Crippen molar-refractivity contribution in [1.82, 2.24) is 0 Å². The molecule has 1 fully saturated rings. The van der Waals surface area contributed by atoms with Gasteiger partial charge in [-0.15, -0.1) is 0 Å². The number of esters is 1. The Morgan fingerprint density at radius 2 is 1.43 bits per heavy atom. The van der Waals surface area contributed by atoms with Crippen LogP contribution in [0.4, 0.5) is 0 Å². The number of hydrogen-bond acceptors (Lipinski definition) is 11. The van der Waals surface area contributed by atoms with Gasteiger partial charge in [0.15, 0.2) is 6.29 Å². The fourth-order valence-corrected chi connectivity index (χ4v) is 4.95. The van der Waals surface area contributed by atoms with Gasteiger partial charge in [-0.25, -0.2) is 4.18 Å². The molecule has 13 heteroatoms. The van der Waals surface area contributed by atoms with Crippen molar-refractivity contribution in [3.05, 3.63) is 60.8 Å². The summed E-state index contributed by atoms with van der Waals surface area (Å²) in [6, 6.07) is 0. The average molecular weight is 689 g/mol. The Kier molecular flexibility index (Phi) is 24.3. The largest absolute Gasteiger partial charge is 0.457 e. The highest BCUT2D eigenvalue weighted by Crippen LogP contribution is 2.25. The number of aliphatic hydroxyl groups is 3. The molecule has 0 saturated carbocycles. The molecule has 1 aliphatic heterocycles. The average Bonchev–Trinajstić information content (AvgIpc) is 3.03. The Balaban J connectivity index is 2.54. The highest BCUT2D eigenvalue weighted by molar-refractivity contribution is 7.80. The van der Waals surface area contributed by atoms with Gasteiger partial charge in [-0.3, -0.25) is 9.35 Å². The molecule has 1 rings (SSSR count). The van der Waals surface area contributed by atoms with Crippen LogP contribution in [0.25, 0.3) is 0 Å². The van der Waals surface area contributed by atoms with Gasteiger partial charge in [0.25, 0.3) is 0 Å². The molecule has 1 saturated heterocycles. The van der Waals surface area contributed by atoms with Crippen LogP contribution in [0, 0.1) is 0 Å². The maximum atomic E-state index is 12.5. The normalized spacial score (nSPS) is 23.2. The van der Waals surface area contributed by atoms with E-state index < -0.39 is 59.8 Å². The van der Waals surface area contributed by atoms with E-state index in [-0.39, 0.29) is 19.6 Å². The van der Waals surface area contributed by atoms with E-state index in [1.165, 1.54) is 0 Å². The Morgan fingerprint density at radius 1 is 0.830 bits per heavy atom. The van der Waals surface area contributed by atoms with Gasteiger partial charge in [0.05, 0.1) is 26.4 Å². The van der Waals surface area contributed by atoms with E-state index in [1.54, 1.807) is 0 Å². The van der Waals surface area contributed by atoms with Crippen molar-refractivity contribution < 1.29 is 56.2 Å². The number of ether oxygens (including phenoxy) is 4. The molecule has 12 nitrogen and oxygen atoms in total. The van der Waals surface area contributed by atoms with E-state index in [0.29, 0.717) is 19.4 Å².